The summed E-state index contributed by atoms with van der Waals surface area (Å²) in [6.45, 7) is 7.56. The van der Waals surface area contributed by atoms with Gasteiger partial charge in [0.15, 0.2) is 0 Å². The molecular formula is C19H24N2O4S. The second kappa shape index (κ2) is 8.33. The molecule has 0 aliphatic heterocycles. The van der Waals surface area contributed by atoms with Gasteiger partial charge < -0.3 is 10.1 Å². The Morgan fingerprint density at radius 3 is 2.50 bits per heavy atom. The molecule has 0 heterocycles. The first-order chi connectivity index (χ1) is 12.2. The van der Waals surface area contributed by atoms with E-state index in [2.05, 4.69) is 10.0 Å². The fourth-order valence-corrected chi connectivity index (χ4v) is 3.72. The number of sulfonamides is 1. The third-order valence-corrected chi connectivity index (χ3v) is 5.31. The molecule has 0 spiro atoms. The molecule has 0 unspecified atom stereocenters. The summed E-state index contributed by atoms with van der Waals surface area (Å²) in [7, 11) is -3.83. The van der Waals surface area contributed by atoms with Crippen LogP contribution in [0.4, 0.5) is 5.69 Å². The van der Waals surface area contributed by atoms with E-state index in [1.54, 1.807) is 19.1 Å². The van der Waals surface area contributed by atoms with Gasteiger partial charge >= 0.3 is 0 Å². The summed E-state index contributed by atoms with van der Waals surface area (Å²) in [6, 6.07) is 11.0. The number of hydrogen-bond donors (Lipinski definition) is 2. The van der Waals surface area contributed by atoms with Crippen LogP contribution < -0.4 is 14.8 Å². The van der Waals surface area contributed by atoms with E-state index in [1.165, 1.54) is 19.1 Å². The SMILES string of the molecule is CCOc1ccc(S(=O)(=O)N[C@@H](C)C(=O)Nc2cccc(C)c2)cc1C. The van der Waals surface area contributed by atoms with Crippen molar-refractivity contribution in [3.63, 3.8) is 0 Å². The summed E-state index contributed by atoms with van der Waals surface area (Å²) in [5, 5.41) is 2.71. The zero-order valence-electron chi connectivity index (χ0n) is 15.4. The average molecular weight is 376 g/mol. The van der Waals surface area contributed by atoms with E-state index in [0.717, 1.165) is 5.56 Å². The zero-order valence-corrected chi connectivity index (χ0v) is 16.2. The van der Waals surface area contributed by atoms with Gasteiger partial charge in [-0.15, -0.1) is 0 Å². The molecule has 0 aromatic heterocycles. The number of ether oxygens (including phenoxy) is 1. The van der Waals surface area contributed by atoms with Gasteiger partial charge in [-0.2, -0.15) is 4.72 Å². The number of nitrogens with one attached hydrogen (secondary N) is 2. The molecule has 0 bridgehead atoms. The lowest BCUT2D eigenvalue weighted by Crippen LogP contribution is -2.41. The van der Waals surface area contributed by atoms with Gasteiger partial charge in [0.25, 0.3) is 0 Å². The lowest BCUT2D eigenvalue weighted by Gasteiger charge is -2.15. The average Bonchev–Trinajstić information content (AvgIpc) is 2.56. The van der Waals surface area contributed by atoms with E-state index in [1.807, 2.05) is 32.0 Å². The maximum atomic E-state index is 12.5. The van der Waals surface area contributed by atoms with Crippen molar-refractivity contribution in [2.45, 2.75) is 38.6 Å². The molecule has 0 aliphatic rings. The molecule has 7 heteroatoms. The number of hydrogen-bond acceptors (Lipinski definition) is 4. The molecule has 0 saturated carbocycles. The van der Waals surface area contributed by atoms with Crippen molar-refractivity contribution in [2.75, 3.05) is 11.9 Å². The fourth-order valence-electron chi connectivity index (χ4n) is 2.43. The first-order valence-corrected chi connectivity index (χ1v) is 9.84. The molecule has 26 heavy (non-hydrogen) atoms. The van der Waals surface area contributed by atoms with Gasteiger partial charge in [-0.05, 0) is 69.2 Å². The van der Waals surface area contributed by atoms with E-state index < -0.39 is 22.0 Å². The van der Waals surface area contributed by atoms with Gasteiger partial charge in [0.2, 0.25) is 15.9 Å². The summed E-state index contributed by atoms with van der Waals surface area (Å²) in [5.74, 6) is 0.207. The lowest BCUT2D eigenvalue weighted by atomic mass is 10.2. The Kier molecular flexibility index (Phi) is 6.39. The molecule has 2 rings (SSSR count). The van der Waals surface area contributed by atoms with Crippen LogP contribution in [0, 0.1) is 13.8 Å². The predicted molar refractivity (Wildman–Crippen MR) is 102 cm³/mol. The van der Waals surface area contributed by atoms with Crippen LogP contribution in [0.15, 0.2) is 47.4 Å². The molecule has 0 saturated heterocycles. The topological polar surface area (TPSA) is 84.5 Å². The number of anilines is 1. The quantitative estimate of drug-likeness (QED) is 0.778. The zero-order chi connectivity index (χ0) is 19.3. The molecule has 2 N–H and O–H groups in total. The van der Waals surface area contributed by atoms with Gasteiger partial charge in [-0.25, -0.2) is 8.42 Å². The van der Waals surface area contributed by atoms with E-state index >= 15 is 0 Å². The van der Waals surface area contributed by atoms with Crippen LogP contribution in [-0.2, 0) is 14.8 Å². The normalized spacial score (nSPS) is 12.5. The van der Waals surface area contributed by atoms with Crippen LogP contribution in [-0.4, -0.2) is 27.0 Å². The minimum absolute atomic E-state index is 0.0914. The molecule has 6 nitrogen and oxygen atoms in total. The number of carbonyl (C=O) groups is 1. The Balaban J connectivity index is 2.10. The summed E-state index contributed by atoms with van der Waals surface area (Å²) in [6.07, 6.45) is 0. The maximum absolute atomic E-state index is 12.5. The molecule has 0 fully saturated rings. The Morgan fingerprint density at radius 2 is 1.88 bits per heavy atom. The van der Waals surface area contributed by atoms with Crippen LogP contribution in [0.5, 0.6) is 5.75 Å². The molecule has 0 aliphatic carbocycles. The van der Waals surface area contributed by atoms with Gasteiger partial charge in [0.1, 0.15) is 5.75 Å². The van der Waals surface area contributed by atoms with E-state index in [-0.39, 0.29) is 4.90 Å². The maximum Gasteiger partial charge on any atom is 0.242 e. The van der Waals surface area contributed by atoms with Crippen molar-refractivity contribution in [1.82, 2.24) is 4.72 Å². The number of amides is 1. The van der Waals surface area contributed by atoms with Crippen molar-refractivity contribution in [2.24, 2.45) is 0 Å². The van der Waals surface area contributed by atoms with Crippen LogP contribution >= 0.6 is 0 Å². The Morgan fingerprint density at radius 1 is 1.15 bits per heavy atom. The van der Waals surface area contributed by atoms with E-state index in [9.17, 15) is 13.2 Å². The summed E-state index contributed by atoms with van der Waals surface area (Å²) in [4.78, 5) is 12.4. The third-order valence-electron chi connectivity index (χ3n) is 3.77. The van der Waals surface area contributed by atoms with Crippen molar-refractivity contribution >= 4 is 21.6 Å². The number of carbonyl (C=O) groups excluding carboxylic acids is 1. The molecule has 1 amide bonds. The Labute approximate surface area is 154 Å². The van der Waals surface area contributed by atoms with Crippen molar-refractivity contribution in [3.05, 3.63) is 53.6 Å². The second-order valence-electron chi connectivity index (χ2n) is 6.06. The fraction of sp³-hybridized carbons (Fsp3) is 0.316. The molecule has 2 aromatic rings. The Hall–Kier alpha value is -2.38. The Bertz CT molecular complexity index is 894. The standard InChI is InChI=1S/C19H24N2O4S/c1-5-25-18-10-9-17(12-14(18)3)26(23,24)21-15(4)19(22)20-16-8-6-7-13(2)11-16/h6-12,15,21H,5H2,1-4H3,(H,20,22)/t15-/m0/s1. The highest BCUT2D eigenvalue weighted by Gasteiger charge is 2.22. The van der Waals surface area contributed by atoms with Gasteiger partial charge in [-0.3, -0.25) is 4.79 Å². The van der Waals surface area contributed by atoms with Crippen LogP contribution in [0.25, 0.3) is 0 Å². The van der Waals surface area contributed by atoms with Crippen LogP contribution in [0.1, 0.15) is 25.0 Å². The summed E-state index contributed by atoms with van der Waals surface area (Å²) < 4.78 is 32.9. The molecular weight excluding hydrogens is 352 g/mol. The minimum atomic E-state index is -3.83. The monoisotopic (exact) mass is 376 g/mol. The summed E-state index contributed by atoms with van der Waals surface area (Å²) >= 11 is 0. The largest absolute Gasteiger partial charge is 0.494 e. The van der Waals surface area contributed by atoms with Gasteiger partial charge in [0, 0.05) is 5.69 Å². The first-order valence-electron chi connectivity index (χ1n) is 8.36. The highest BCUT2D eigenvalue weighted by molar-refractivity contribution is 7.89. The van der Waals surface area contributed by atoms with Gasteiger partial charge in [0.05, 0.1) is 17.5 Å². The minimum Gasteiger partial charge on any atom is -0.494 e. The third kappa shape index (κ3) is 5.06. The predicted octanol–water partition coefficient (Wildman–Crippen LogP) is 3.01. The highest BCUT2D eigenvalue weighted by Crippen LogP contribution is 2.22. The number of aryl methyl sites for hydroxylation is 2. The van der Waals surface area contributed by atoms with Crippen molar-refractivity contribution in [3.8, 4) is 5.75 Å². The van der Waals surface area contributed by atoms with Crippen molar-refractivity contribution in [1.29, 1.82) is 0 Å². The molecule has 2 aromatic carbocycles. The van der Waals surface area contributed by atoms with Crippen LogP contribution in [0.2, 0.25) is 0 Å². The van der Waals surface area contributed by atoms with Gasteiger partial charge in [-0.1, -0.05) is 12.1 Å². The lowest BCUT2D eigenvalue weighted by molar-refractivity contribution is -0.117. The smallest absolute Gasteiger partial charge is 0.242 e. The molecule has 140 valence electrons. The molecule has 1 atom stereocenters. The number of rotatable bonds is 7. The summed E-state index contributed by atoms with van der Waals surface area (Å²) in [5.41, 5.74) is 2.34. The highest BCUT2D eigenvalue weighted by atomic mass is 32.2. The second-order valence-corrected chi connectivity index (χ2v) is 7.78. The first kappa shape index (κ1) is 19.9. The van der Waals surface area contributed by atoms with E-state index in [0.29, 0.717) is 23.6 Å². The molecule has 0 radical (unpaired) electrons. The van der Waals surface area contributed by atoms with Crippen molar-refractivity contribution < 1.29 is 17.9 Å². The number of benzene rings is 2. The van der Waals surface area contributed by atoms with Crippen LogP contribution in [0.3, 0.4) is 0 Å². The van der Waals surface area contributed by atoms with E-state index in [4.69, 9.17) is 4.74 Å².